The number of aryl methyl sites for hydroxylation is 1. The first-order chi connectivity index (χ1) is 7.61. The maximum Gasteiger partial charge on any atom is 0.322 e. The lowest BCUT2D eigenvalue weighted by atomic mass is 10.4. The number of hydrogen-bond acceptors (Lipinski definition) is 5. The molecule has 0 aliphatic carbocycles. The van der Waals surface area contributed by atoms with E-state index < -0.39 is 5.97 Å². The monoisotopic (exact) mass is 225 g/mol. The molecule has 6 nitrogen and oxygen atoms in total. The molecule has 0 fully saturated rings. The molecule has 0 spiro atoms. The minimum absolute atomic E-state index is 0.212. The highest BCUT2D eigenvalue weighted by atomic mass is 16.5. The third-order valence-corrected chi connectivity index (χ3v) is 1.68. The second-order valence-electron chi connectivity index (χ2n) is 3.27. The number of ether oxygens (including phenoxy) is 1. The largest absolute Gasteiger partial charge is 0.480 e. The molecule has 16 heavy (non-hydrogen) atoms. The molecule has 0 aromatic carbocycles. The summed E-state index contributed by atoms with van der Waals surface area (Å²) >= 11 is 0. The fourth-order valence-electron chi connectivity index (χ4n) is 1.05. The van der Waals surface area contributed by atoms with Gasteiger partial charge >= 0.3 is 5.97 Å². The fraction of sp³-hybridized carbons (Fsp3) is 0.500. The van der Waals surface area contributed by atoms with Crippen LogP contribution in [0.4, 0.5) is 5.95 Å². The van der Waals surface area contributed by atoms with E-state index in [4.69, 9.17) is 9.84 Å². The highest BCUT2D eigenvalue weighted by molar-refractivity contribution is 5.71. The van der Waals surface area contributed by atoms with Crippen LogP contribution in [0.5, 0.6) is 5.88 Å². The molecule has 0 saturated carbocycles. The van der Waals surface area contributed by atoms with E-state index in [2.05, 4.69) is 15.3 Å². The number of carboxylic acids is 1. The molecule has 0 amide bonds. The zero-order valence-corrected chi connectivity index (χ0v) is 9.36. The van der Waals surface area contributed by atoms with Crippen LogP contribution in [0.2, 0.25) is 0 Å². The van der Waals surface area contributed by atoms with Crippen LogP contribution < -0.4 is 10.1 Å². The van der Waals surface area contributed by atoms with E-state index in [1.54, 1.807) is 13.0 Å². The van der Waals surface area contributed by atoms with Crippen molar-refractivity contribution in [2.75, 3.05) is 18.5 Å². The Labute approximate surface area is 93.7 Å². The topological polar surface area (TPSA) is 84.3 Å². The maximum atomic E-state index is 10.4. The summed E-state index contributed by atoms with van der Waals surface area (Å²) in [7, 11) is 0. The number of anilines is 1. The van der Waals surface area contributed by atoms with E-state index in [-0.39, 0.29) is 12.5 Å². The number of hydrogen-bond donors (Lipinski definition) is 2. The van der Waals surface area contributed by atoms with E-state index >= 15 is 0 Å². The standard InChI is InChI=1S/C10H15N3O3/c1-3-4-16-8-5-7(2)12-10(13-8)11-6-9(14)15/h5H,3-4,6H2,1-2H3,(H,14,15)(H,11,12,13). The lowest BCUT2D eigenvalue weighted by Crippen LogP contribution is -2.15. The molecule has 0 atom stereocenters. The molecule has 1 rings (SSSR count). The Balaban J connectivity index is 2.69. The molecule has 1 heterocycles. The first-order valence-corrected chi connectivity index (χ1v) is 5.06. The third-order valence-electron chi connectivity index (χ3n) is 1.68. The highest BCUT2D eigenvalue weighted by Gasteiger charge is 2.04. The number of carboxylic acid groups (broad SMARTS) is 1. The fourth-order valence-corrected chi connectivity index (χ4v) is 1.05. The summed E-state index contributed by atoms with van der Waals surface area (Å²) in [5.74, 6) is -0.225. The van der Waals surface area contributed by atoms with Crippen molar-refractivity contribution in [2.45, 2.75) is 20.3 Å². The Morgan fingerprint density at radius 3 is 2.94 bits per heavy atom. The predicted molar refractivity (Wildman–Crippen MR) is 58.7 cm³/mol. The van der Waals surface area contributed by atoms with E-state index in [0.717, 1.165) is 12.1 Å². The second-order valence-corrected chi connectivity index (χ2v) is 3.27. The first kappa shape index (κ1) is 12.2. The van der Waals surface area contributed by atoms with Gasteiger partial charge in [0, 0.05) is 11.8 Å². The predicted octanol–water partition coefficient (Wildman–Crippen LogP) is 1.07. The van der Waals surface area contributed by atoms with Gasteiger partial charge in [0.1, 0.15) is 6.54 Å². The van der Waals surface area contributed by atoms with Gasteiger partial charge in [0.05, 0.1) is 6.61 Å². The van der Waals surface area contributed by atoms with Crippen LogP contribution in [0, 0.1) is 6.92 Å². The minimum Gasteiger partial charge on any atom is -0.480 e. The number of carbonyl (C=O) groups is 1. The Hall–Kier alpha value is -1.85. The molecular weight excluding hydrogens is 210 g/mol. The van der Waals surface area contributed by atoms with Crippen LogP contribution in [-0.2, 0) is 4.79 Å². The molecule has 2 N–H and O–H groups in total. The van der Waals surface area contributed by atoms with Crippen molar-refractivity contribution < 1.29 is 14.6 Å². The van der Waals surface area contributed by atoms with Crippen molar-refractivity contribution in [3.8, 4) is 5.88 Å². The Morgan fingerprint density at radius 1 is 1.56 bits per heavy atom. The second kappa shape index (κ2) is 5.89. The summed E-state index contributed by atoms with van der Waals surface area (Å²) in [5, 5.41) is 11.1. The van der Waals surface area contributed by atoms with Gasteiger partial charge in [-0.05, 0) is 13.3 Å². The number of rotatable bonds is 6. The first-order valence-electron chi connectivity index (χ1n) is 5.06. The van der Waals surface area contributed by atoms with Gasteiger partial charge in [-0.15, -0.1) is 0 Å². The minimum atomic E-state index is -0.957. The lowest BCUT2D eigenvalue weighted by Gasteiger charge is -2.07. The zero-order valence-electron chi connectivity index (χ0n) is 9.36. The molecule has 0 bridgehead atoms. The van der Waals surface area contributed by atoms with Crippen LogP contribution in [0.25, 0.3) is 0 Å². The summed E-state index contributed by atoms with van der Waals surface area (Å²) < 4.78 is 5.34. The van der Waals surface area contributed by atoms with E-state index in [1.807, 2.05) is 6.92 Å². The van der Waals surface area contributed by atoms with Crippen LogP contribution >= 0.6 is 0 Å². The van der Waals surface area contributed by atoms with Gasteiger partial charge in [-0.1, -0.05) is 6.92 Å². The smallest absolute Gasteiger partial charge is 0.322 e. The van der Waals surface area contributed by atoms with Crippen molar-refractivity contribution in [1.82, 2.24) is 9.97 Å². The van der Waals surface area contributed by atoms with E-state index in [1.165, 1.54) is 0 Å². The average molecular weight is 225 g/mol. The molecule has 0 aliphatic heterocycles. The summed E-state index contributed by atoms with van der Waals surface area (Å²) in [5.41, 5.74) is 0.731. The summed E-state index contributed by atoms with van der Waals surface area (Å²) in [6, 6.07) is 1.71. The normalized spacial score (nSPS) is 9.88. The highest BCUT2D eigenvalue weighted by Crippen LogP contribution is 2.11. The lowest BCUT2D eigenvalue weighted by molar-refractivity contribution is -0.134. The summed E-state index contributed by atoms with van der Waals surface area (Å²) in [6.45, 7) is 4.16. The van der Waals surface area contributed by atoms with Crippen molar-refractivity contribution in [2.24, 2.45) is 0 Å². The number of nitrogens with one attached hydrogen (secondary N) is 1. The maximum absolute atomic E-state index is 10.4. The molecule has 1 aromatic rings. The Bertz CT molecular complexity index is 368. The number of aliphatic carboxylic acids is 1. The van der Waals surface area contributed by atoms with Gasteiger partial charge in [-0.25, -0.2) is 4.98 Å². The SMILES string of the molecule is CCCOc1cc(C)nc(NCC(=O)O)n1. The number of nitrogens with zero attached hydrogens (tertiary/aromatic N) is 2. The van der Waals surface area contributed by atoms with Crippen molar-refractivity contribution in [3.63, 3.8) is 0 Å². The van der Waals surface area contributed by atoms with Gasteiger partial charge in [0.2, 0.25) is 11.8 Å². The van der Waals surface area contributed by atoms with Gasteiger partial charge in [0.15, 0.2) is 0 Å². The van der Waals surface area contributed by atoms with Crippen LogP contribution in [0.15, 0.2) is 6.07 Å². The van der Waals surface area contributed by atoms with Crippen molar-refractivity contribution >= 4 is 11.9 Å². The van der Waals surface area contributed by atoms with Gasteiger partial charge < -0.3 is 15.2 Å². The summed E-state index contributed by atoms with van der Waals surface area (Å²) in [6.07, 6.45) is 0.890. The molecule has 1 aromatic heterocycles. The van der Waals surface area contributed by atoms with Gasteiger partial charge in [-0.3, -0.25) is 4.79 Å². The van der Waals surface area contributed by atoms with Crippen molar-refractivity contribution in [1.29, 1.82) is 0 Å². The molecule has 88 valence electrons. The van der Waals surface area contributed by atoms with Crippen molar-refractivity contribution in [3.05, 3.63) is 11.8 Å². The van der Waals surface area contributed by atoms with E-state index in [9.17, 15) is 4.79 Å². The molecule has 6 heteroatoms. The zero-order chi connectivity index (χ0) is 12.0. The van der Waals surface area contributed by atoms with E-state index in [0.29, 0.717) is 12.5 Å². The van der Waals surface area contributed by atoms with Gasteiger partial charge in [-0.2, -0.15) is 4.98 Å². The van der Waals surface area contributed by atoms with Crippen LogP contribution in [0.3, 0.4) is 0 Å². The molecular formula is C10H15N3O3. The quantitative estimate of drug-likeness (QED) is 0.753. The van der Waals surface area contributed by atoms with Crippen LogP contribution in [0.1, 0.15) is 19.0 Å². The molecule has 0 unspecified atom stereocenters. The Morgan fingerprint density at radius 2 is 2.31 bits per heavy atom. The number of aromatic nitrogens is 2. The average Bonchev–Trinajstić information content (AvgIpc) is 2.23. The molecule has 0 saturated heterocycles. The third kappa shape index (κ3) is 4.12. The Kier molecular flexibility index (Phi) is 4.50. The molecule has 0 aliphatic rings. The summed E-state index contributed by atoms with van der Waals surface area (Å²) in [4.78, 5) is 18.4. The molecule has 0 radical (unpaired) electrons. The van der Waals surface area contributed by atoms with Crippen LogP contribution in [-0.4, -0.2) is 34.2 Å². The van der Waals surface area contributed by atoms with Gasteiger partial charge in [0.25, 0.3) is 0 Å².